The van der Waals surface area contributed by atoms with E-state index in [4.69, 9.17) is 6.42 Å². The lowest BCUT2D eigenvalue weighted by Crippen LogP contribution is -2.48. The van der Waals surface area contributed by atoms with E-state index >= 15 is 0 Å². The van der Waals surface area contributed by atoms with Gasteiger partial charge in [0.15, 0.2) is 0 Å². The molecule has 1 saturated heterocycles. The van der Waals surface area contributed by atoms with Gasteiger partial charge in [0.25, 0.3) is 0 Å². The zero-order chi connectivity index (χ0) is 13.2. The molecule has 0 aromatic heterocycles. The van der Waals surface area contributed by atoms with Gasteiger partial charge in [-0.2, -0.15) is 4.31 Å². The predicted octanol–water partition coefficient (Wildman–Crippen LogP) is 0.749. The molecule has 5 heteroatoms. The molecular formula is C13H16N2O2S. The molecule has 96 valence electrons. The van der Waals surface area contributed by atoms with Crippen molar-refractivity contribution >= 4 is 15.7 Å². The van der Waals surface area contributed by atoms with Crippen LogP contribution in [-0.4, -0.2) is 45.2 Å². The minimum Gasteiger partial charge on any atom is -0.369 e. The third-order valence-electron chi connectivity index (χ3n) is 3.11. The van der Waals surface area contributed by atoms with E-state index < -0.39 is 10.0 Å². The maximum absolute atomic E-state index is 11.4. The lowest BCUT2D eigenvalue weighted by molar-refractivity contribution is 0.388. The van der Waals surface area contributed by atoms with E-state index in [0.29, 0.717) is 26.2 Å². The summed E-state index contributed by atoms with van der Waals surface area (Å²) in [6.07, 6.45) is 6.56. The lowest BCUT2D eigenvalue weighted by atomic mass is 10.2. The second-order valence-electron chi connectivity index (χ2n) is 4.34. The molecule has 0 aliphatic carbocycles. The van der Waals surface area contributed by atoms with Gasteiger partial charge in [0.2, 0.25) is 10.0 Å². The van der Waals surface area contributed by atoms with Crippen molar-refractivity contribution in [2.24, 2.45) is 0 Å². The highest BCUT2D eigenvalue weighted by molar-refractivity contribution is 7.88. The zero-order valence-electron chi connectivity index (χ0n) is 10.3. The highest BCUT2D eigenvalue weighted by atomic mass is 32.2. The van der Waals surface area contributed by atoms with E-state index in [1.54, 1.807) is 0 Å². The molecule has 1 aromatic rings. The Morgan fingerprint density at radius 3 is 2.11 bits per heavy atom. The fourth-order valence-corrected chi connectivity index (χ4v) is 2.87. The SMILES string of the molecule is C#Cc1ccc(N2CCN(S(C)(=O)=O)CC2)cc1. The molecule has 2 rings (SSSR count). The number of hydrogen-bond donors (Lipinski definition) is 0. The first-order chi connectivity index (χ1) is 8.50. The van der Waals surface area contributed by atoms with E-state index in [-0.39, 0.29) is 0 Å². The van der Waals surface area contributed by atoms with Gasteiger partial charge in [0.1, 0.15) is 0 Å². The Kier molecular flexibility index (Phi) is 3.60. The van der Waals surface area contributed by atoms with E-state index in [9.17, 15) is 8.42 Å². The first-order valence-corrected chi connectivity index (χ1v) is 7.62. The fraction of sp³-hybridized carbons (Fsp3) is 0.385. The Labute approximate surface area is 108 Å². The van der Waals surface area contributed by atoms with Crippen LogP contribution >= 0.6 is 0 Å². The Balaban J connectivity index is 2.03. The van der Waals surface area contributed by atoms with Crippen LogP contribution in [0.5, 0.6) is 0 Å². The topological polar surface area (TPSA) is 40.6 Å². The average Bonchev–Trinajstić information content (AvgIpc) is 2.38. The molecule has 0 unspecified atom stereocenters. The first kappa shape index (κ1) is 12.9. The van der Waals surface area contributed by atoms with Crippen molar-refractivity contribution in [2.75, 3.05) is 37.3 Å². The Hall–Kier alpha value is -1.51. The summed E-state index contributed by atoms with van der Waals surface area (Å²) in [6, 6.07) is 7.76. The molecule has 0 N–H and O–H groups in total. The number of piperazine rings is 1. The quantitative estimate of drug-likeness (QED) is 0.740. The lowest BCUT2D eigenvalue weighted by Gasteiger charge is -2.34. The molecule has 1 aliphatic heterocycles. The molecule has 1 heterocycles. The molecule has 1 aliphatic rings. The van der Waals surface area contributed by atoms with E-state index in [1.165, 1.54) is 10.6 Å². The molecule has 0 amide bonds. The van der Waals surface area contributed by atoms with Crippen LogP contribution in [0.25, 0.3) is 0 Å². The van der Waals surface area contributed by atoms with Gasteiger partial charge in [-0.05, 0) is 24.3 Å². The minimum absolute atomic E-state index is 0.537. The highest BCUT2D eigenvalue weighted by Crippen LogP contribution is 2.17. The highest BCUT2D eigenvalue weighted by Gasteiger charge is 2.23. The van der Waals surface area contributed by atoms with Crippen LogP contribution in [0.2, 0.25) is 0 Å². The number of hydrogen-bond acceptors (Lipinski definition) is 3. The smallest absolute Gasteiger partial charge is 0.211 e. The summed E-state index contributed by atoms with van der Waals surface area (Å²) in [5, 5.41) is 0. The fourth-order valence-electron chi connectivity index (χ4n) is 2.05. The minimum atomic E-state index is -3.06. The number of terminal acetylenes is 1. The molecule has 4 nitrogen and oxygen atoms in total. The maximum atomic E-state index is 11.4. The predicted molar refractivity (Wildman–Crippen MR) is 73.0 cm³/mol. The van der Waals surface area contributed by atoms with Crippen LogP contribution < -0.4 is 4.90 Å². The van der Waals surface area contributed by atoms with Gasteiger partial charge in [0, 0.05) is 37.4 Å². The molecule has 0 atom stereocenters. The average molecular weight is 264 g/mol. The first-order valence-electron chi connectivity index (χ1n) is 5.77. The second-order valence-corrected chi connectivity index (χ2v) is 6.32. The number of rotatable bonds is 2. The molecule has 0 spiro atoms. The van der Waals surface area contributed by atoms with Gasteiger partial charge in [-0.15, -0.1) is 6.42 Å². The number of anilines is 1. The van der Waals surface area contributed by atoms with Gasteiger partial charge in [0.05, 0.1) is 6.26 Å². The molecule has 18 heavy (non-hydrogen) atoms. The van der Waals surface area contributed by atoms with Crippen molar-refractivity contribution in [2.45, 2.75) is 0 Å². The molecule has 1 aromatic carbocycles. The summed E-state index contributed by atoms with van der Waals surface area (Å²) < 4.78 is 24.3. The summed E-state index contributed by atoms with van der Waals surface area (Å²) in [5.74, 6) is 2.58. The third kappa shape index (κ3) is 2.84. The number of nitrogens with zero attached hydrogens (tertiary/aromatic N) is 2. The summed E-state index contributed by atoms with van der Waals surface area (Å²) in [5.41, 5.74) is 1.94. The van der Waals surface area contributed by atoms with Crippen molar-refractivity contribution in [1.29, 1.82) is 0 Å². The second kappa shape index (κ2) is 5.01. The largest absolute Gasteiger partial charge is 0.369 e. The summed E-state index contributed by atoms with van der Waals surface area (Å²) >= 11 is 0. The third-order valence-corrected chi connectivity index (χ3v) is 4.41. The molecular weight excluding hydrogens is 248 g/mol. The van der Waals surface area contributed by atoms with Gasteiger partial charge >= 0.3 is 0 Å². The van der Waals surface area contributed by atoms with E-state index in [0.717, 1.165) is 11.3 Å². The summed E-state index contributed by atoms with van der Waals surface area (Å²) in [4.78, 5) is 2.17. The Bertz CT molecular complexity index is 550. The van der Waals surface area contributed by atoms with E-state index in [1.807, 2.05) is 24.3 Å². The summed E-state index contributed by atoms with van der Waals surface area (Å²) in [7, 11) is -3.06. The van der Waals surface area contributed by atoms with Crippen molar-refractivity contribution in [3.05, 3.63) is 29.8 Å². The number of sulfonamides is 1. The number of benzene rings is 1. The van der Waals surface area contributed by atoms with Gasteiger partial charge in [-0.25, -0.2) is 8.42 Å². The van der Waals surface area contributed by atoms with E-state index in [2.05, 4.69) is 10.8 Å². The molecule has 0 bridgehead atoms. The summed E-state index contributed by atoms with van der Waals surface area (Å²) in [6.45, 7) is 2.50. The standard InChI is InChI=1S/C13H16N2O2S/c1-3-12-4-6-13(7-5-12)14-8-10-15(11-9-14)18(2,16)17/h1,4-7H,8-11H2,2H3. The molecule has 0 saturated carbocycles. The zero-order valence-corrected chi connectivity index (χ0v) is 11.2. The maximum Gasteiger partial charge on any atom is 0.211 e. The Morgan fingerprint density at radius 1 is 1.11 bits per heavy atom. The van der Waals surface area contributed by atoms with Crippen LogP contribution in [0.15, 0.2) is 24.3 Å². The molecule has 0 radical (unpaired) electrons. The van der Waals surface area contributed by atoms with Crippen LogP contribution in [0.3, 0.4) is 0 Å². The normalized spacial score (nSPS) is 17.4. The molecule has 1 fully saturated rings. The Morgan fingerprint density at radius 2 is 1.67 bits per heavy atom. The van der Waals surface area contributed by atoms with Crippen LogP contribution in [0, 0.1) is 12.3 Å². The van der Waals surface area contributed by atoms with Gasteiger partial charge in [-0.3, -0.25) is 0 Å². The van der Waals surface area contributed by atoms with Crippen molar-refractivity contribution < 1.29 is 8.42 Å². The van der Waals surface area contributed by atoms with Gasteiger partial charge < -0.3 is 4.90 Å². The van der Waals surface area contributed by atoms with Crippen molar-refractivity contribution in [1.82, 2.24) is 4.31 Å². The van der Waals surface area contributed by atoms with Crippen molar-refractivity contribution in [3.8, 4) is 12.3 Å². The van der Waals surface area contributed by atoms with Gasteiger partial charge in [-0.1, -0.05) is 5.92 Å². The van der Waals surface area contributed by atoms with Crippen LogP contribution in [-0.2, 0) is 10.0 Å². The monoisotopic (exact) mass is 264 g/mol. The van der Waals surface area contributed by atoms with Crippen LogP contribution in [0.4, 0.5) is 5.69 Å². The van der Waals surface area contributed by atoms with Crippen LogP contribution in [0.1, 0.15) is 5.56 Å². The van der Waals surface area contributed by atoms with Crippen molar-refractivity contribution in [3.63, 3.8) is 0 Å².